The van der Waals surface area contributed by atoms with Crippen LogP contribution in [0.3, 0.4) is 0 Å². The molecule has 0 bridgehead atoms. The summed E-state index contributed by atoms with van der Waals surface area (Å²) in [5.74, 6) is 0.0457. The third-order valence-corrected chi connectivity index (χ3v) is 7.38. The van der Waals surface area contributed by atoms with E-state index in [1.54, 1.807) is 48.4 Å². The fourth-order valence-corrected chi connectivity index (χ4v) is 5.11. The van der Waals surface area contributed by atoms with E-state index in [1.165, 1.54) is 0 Å². The first-order valence-electron chi connectivity index (χ1n) is 13.5. The first-order valence-corrected chi connectivity index (χ1v) is 13.5. The van der Waals surface area contributed by atoms with Gasteiger partial charge in [0.1, 0.15) is 11.8 Å². The van der Waals surface area contributed by atoms with Gasteiger partial charge in [-0.25, -0.2) is 0 Å². The SMILES string of the molecule is COc1ccc(C(=O)N(CCN2CCOCC2)C2CC(C(=O)NCCN)N(C(=O)c3ccc(C)cc3)C2)cc1. The number of nitrogens with zero attached hydrogens (tertiary/aromatic N) is 3. The predicted octanol–water partition coefficient (Wildman–Crippen LogP) is 1.14. The van der Waals surface area contributed by atoms with E-state index in [0.717, 1.165) is 18.7 Å². The number of aryl methyl sites for hydroxylation is 1. The number of hydrogen-bond acceptors (Lipinski definition) is 7. The minimum Gasteiger partial charge on any atom is -0.497 e. The second-order valence-electron chi connectivity index (χ2n) is 9.99. The number of rotatable bonds is 10. The van der Waals surface area contributed by atoms with Crippen molar-refractivity contribution < 1.29 is 23.9 Å². The van der Waals surface area contributed by atoms with Gasteiger partial charge in [-0.3, -0.25) is 19.3 Å². The molecular formula is C29H39N5O5. The molecule has 0 aromatic heterocycles. The molecule has 2 aromatic rings. The van der Waals surface area contributed by atoms with Gasteiger partial charge < -0.3 is 30.3 Å². The molecule has 39 heavy (non-hydrogen) atoms. The number of methoxy groups -OCH3 is 1. The molecule has 2 unspecified atom stereocenters. The van der Waals surface area contributed by atoms with E-state index in [0.29, 0.717) is 62.7 Å². The molecule has 3 amide bonds. The van der Waals surface area contributed by atoms with Gasteiger partial charge in [0, 0.05) is 56.9 Å². The summed E-state index contributed by atoms with van der Waals surface area (Å²) >= 11 is 0. The van der Waals surface area contributed by atoms with Gasteiger partial charge in [0.05, 0.1) is 26.4 Å². The molecule has 10 nitrogen and oxygen atoms in total. The summed E-state index contributed by atoms with van der Waals surface area (Å²) in [5.41, 5.74) is 7.70. The molecule has 2 atom stereocenters. The van der Waals surface area contributed by atoms with Crippen LogP contribution < -0.4 is 15.8 Å². The number of ether oxygens (including phenoxy) is 2. The van der Waals surface area contributed by atoms with Gasteiger partial charge in [-0.2, -0.15) is 0 Å². The highest BCUT2D eigenvalue weighted by Crippen LogP contribution is 2.27. The molecule has 0 aliphatic carbocycles. The maximum absolute atomic E-state index is 13.9. The smallest absolute Gasteiger partial charge is 0.254 e. The van der Waals surface area contributed by atoms with Gasteiger partial charge in [-0.05, 0) is 49.7 Å². The summed E-state index contributed by atoms with van der Waals surface area (Å²) < 4.78 is 10.7. The van der Waals surface area contributed by atoms with E-state index in [2.05, 4.69) is 10.2 Å². The molecule has 0 saturated carbocycles. The van der Waals surface area contributed by atoms with Crippen molar-refractivity contribution in [1.29, 1.82) is 0 Å². The lowest BCUT2D eigenvalue weighted by molar-refractivity contribution is -0.124. The van der Waals surface area contributed by atoms with E-state index in [-0.39, 0.29) is 30.3 Å². The number of benzene rings is 2. The second kappa shape index (κ2) is 13.5. The third-order valence-electron chi connectivity index (χ3n) is 7.38. The Balaban J connectivity index is 1.60. The number of nitrogens with one attached hydrogen (secondary N) is 1. The van der Waals surface area contributed by atoms with Crippen LogP contribution in [-0.4, -0.2) is 111 Å². The van der Waals surface area contributed by atoms with Crippen LogP contribution in [0, 0.1) is 6.92 Å². The number of carbonyl (C=O) groups excluding carboxylic acids is 3. The molecule has 2 aromatic carbocycles. The lowest BCUT2D eigenvalue weighted by Crippen LogP contribution is -2.48. The van der Waals surface area contributed by atoms with Crippen LogP contribution in [0.15, 0.2) is 48.5 Å². The Morgan fingerprint density at radius 2 is 1.72 bits per heavy atom. The molecule has 210 valence electrons. The minimum absolute atomic E-state index is 0.137. The van der Waals surface area contributed by atoms with Crippen LogP contribution in [0.25, 0.3) is 0 Å². The van der Waals surface area contributed by atoms with Crippen molar-refractivity contribution in [3.8, 4) is 5.75 Å². The molecule has 0 spiro atoms. The van der Waals surface area contributed by atoms with Crippen molar-refractivity contribution in [2.24, 2.45) is 5.73 Å². The maximum atomic E-state index is 13.9. The van der Waals surface area contributed by atoms with E-state index < -0.39 is 6.04 Å². The number of nitrogens with two attached hydrogens (primary N) is 1. The first-order chi connectivity index (χ1) is 18.9. The molecule has 2 fully saturated rings. The molecule has 0 radical (unpaired) electrons. The minimum atomic E-state index is -0.704. The summed E-state index contributed by atoms with van der Waals surface area (Å²) in [4.78, 5) is 46.4. The van der Waals surface area contributed by atoms with Crippen molar-refractivity contribution in [3.05, 3.63) is 65.2 Å². The van der Waals surface area contributed by atoms with Crippen molar-refractivity contribution in [3.63, 3.8) is 0 Å². The van der Waals surface area contributed by atoms with Crippen LogP contribution >= 0.6 is 0 Å². The lowest BCUT2D eigenvalue weighted by Gasteiger charge is -2.33. The van der Waals surface area contributed by atoms with Crippen LogP contribution in [-0.2, 0) is 9.53 Å². The number of carbonyl (C=O) groups is 3. The average Bonchev–Trinajstić information content (AvgIpc) is 3.42. The fourth-order valence-electron chi connectivity index (χ4n) is 5.11. The van der Waals surface area contributed by atoms with Crippen LogP contribution in [0.1, 0.15) is 32.7 Å². The van der Waals surface area contributed by atoms with Gasteiger partial charge >= 0.3 is 0 Å². The van der Waals surface area contributed by atoms with Crippen LogP contribution in [0.4, 0.5) is 0 Å². The quantitative estimate of drug-likeness (QED) is 0.467. The fraction of sp³-hybridized carbons (Fsp3) is 0.483. The lowest BCUT2D eigenvalue weighted by atomic mass is 10.1. The second-order valence-corrected chi connectivity index (χ2v) is 9.99. The molecule has 2 saturated heterocycles. The maximum Gasteiger partial charge on any atom is 0.254 e. The third kappa shape index (κ3) is 7.14. The van der Waals surface area contributed by atoms with Crippen molar-refractivity contribution in [2.75, 3.05) is 66.1 Å². The van der Waals surface area contributed by atoms with E-state index in [9.17, 15) is 14.4 Å². The highest BCUT2D eigenvalue weighted by molar-refractivity contribution is 5.99. The predicted molar refractivity (Wildman–Crippen MR) is 148 cm³/mol. The van der Waals surface area contributed by atoms with Crippen molar-refractivity contribution in [2.45, 2.75) is 25.4 Å². The molecule has 10 heteroatoms. The Labute approximate surface area is 230 Å². The zero-order valence-corrected chi connectivity index (χ0v) is 22.8. The largest absolute Gasteiger partial charge is 0.497 e. The van der Waals surface area contributed by atoms with Gasteiger partial charge in [-0.15, -0.1) is 0 Å². The van der Waals surface area contributed by atoms with Gasteiger partial charge in [0.15, 0.2) is 0 Å². The first kappa shape index (κ1) is 28.5. The number of morpholine rings is 1. The summed E-state index contributed by atoms with van der Waals surface area (Å²) in [5, 5.41) is 2.84. The molecule has 4 rings (SSSR count). The van der Waals surface area contributed by atoms with Gasteiger partial charge in [0.2, 0.25) is 5.91 Å². The summed E-state index contributed by atoms with van der Waals surface area (Å²) in [6, 6.07) is 13.3. The Bertz CT molecular complexity index is 1120. The zero-order chi connectivity index (χ0) is 27.8. The van der Waals surface area contributed by atoms with Gasteiger partial charge in [-0.1, -0.05) is 17.7 Å². The molecular weight excluding hydrogens is 498 g/mol. The topological polar surface area (TPSA) is 117 Å². The average molecular weight is 538 g/mol. The van der Waals surface area contributed by atoms with Crippen LogP contribution in [0.5, 0.6) is 5.75 Å². The highest BCUT2D eigenvalue weighted by atomic mass is 16.5. The summed E-state index contributed by atoms with van der Waals surface area (Å²) in [6.07, 6.45) is 0.346. The molecule has 2 aliphatic heterocycles. The summed E-state index contributed by atoms with van der Waals surface area (Å²) in [7, 11) is 1.58. The Morgan fingerprint density at radius 1 is 1.05 bits per heavy atom. The van der Waals surface area contributed by atoms with Crippen molar-refractivity contribution in [1.82, 2.24) is 20.0 Å². The Kier molecular flexibility index (Phi) is 9.91. The number of amides is 3. The van der Waals surface area contributed by atoms with Crippen molar-refractivity contribution >= 4 is 17.7 Å². The Morgan fingerprint density at radius 3 is 2.36 bits per heavy atom. The normalized spacial score (nSPS) is 19.5. The van der Waals surface area contributed by atoms with E-state index in [1.807, 2.05) is 24.0 Å². The number of hydrogen-bond donors (Lipinski definition) is 2. The molecule has 2 heterocycles. The highest BCUT2D eigenvalue weighted by Gasteiger charge is 2.43. The van der Waals surface area contributed by atoms with E-state index >= 15 is 0 Å². The summed E-state index contributed by atoms with van der Waals surface area (Å²) in [6.45, 7) is 6.92. The standard InChI is InChI=1S/C29H39N5O5/c1-21-3-5-22(6-4-21)29(37)34-20-24(19-26(34)27(35)31-12-11-30)33(14-13-32-15-17-39-18-16-32)28(36)23-7-9-25(38-2)10-8-23/h3-10,24,26H,11-20,30H2,1-2H3,(H,31,35). The van der Waals surface area contributed by atoms with Gasteiger partial charge in [0.25, 0.3) is 11.8 Å². The zero-order valence-electron chi connectivity index (χ0n) is 22.8. The molecule has 3 N–H and O–H groups in total. The molecule has 2 aliphatic rings. The Hall–Kier alpha value is -3.47. The number of likely N-dealkylation sites (tertiary alicyclic amines) is 1. The monoisotopic (exact) mass is 537 g/mol. The van der Waals surface area contributed by atoms with Crippen LogP contribution in [0.2, 0.25) is 0 Å². The van der Waals surface area contributed by atoms with E-state index in [4.69, 9.17) is 15.2 Å².